The molecule has 0 N–H and O–H groups in total. The van der Waals surface area contributed by atoms with Gasteiger partial charge in [-0.05, 0) is 81.5 Å². The van der Waals surface area contributed by atoms with Crippen molar-refractivity contribution < 1.29 is 0 Å². The third-order valence-electron chi connectivity index (χ3n) is 7.10. The molecule has 0 aromatic heterocycles. The van der Waals surface area contributed by atoms with Crippen LogP contribution in [0.25, 0.3) is 75.4 Å². The van der Waals surface area contributed by atoms with Crippen molar-refractivity contribution in [1.29, 1.82) is 0 Å². The third kappa shape index (κ3) is 1.58. The molecule has 0 saturated heterocycles. The predicted octanol–water partition coefficient (Wildman–Crippen LogP) is 8.63. The summed E-state index contributed by atoms with van der Waals surface area (Å²) in [6.07, 6.45) is 0. The van der Waals surface area contributed by atoms with Crippen LogP contribution in [0, 0.1) is 0 Å². The number of hydrogen-bond acceptors (Lipinski definition) is 0. The maximum absolute atomic E-state index is 2.41. The molecule has 0 heterocycles. The monoisotopic (exact) mass is 376 g/mol. The average Bonchev–Trinajstić information content (AvgIpc) is 2.82. The van der Waals surface area contributed by atoms with Crippen LogP contribution in [-0.4, -0.2) is 0 Å². The lowest BCUT2D eigenvalue weighted by Crippen LogP contribution is -1.92. The van der Waals surface area contributed by atoms with Gasteiger partial charge in [0.25, 0.3) is 0 Å². The molecule has 0 amide bonds. The van der Waals surface area contributed by atoms with E-state index in [4.69, 9.17) is 0 Å². The highest BCUT2D eigenvalue weighted by molar-refractivity contribution is 6.46. The van der Waals surface area contributed by atoms with E-state index in [1.54, 1.807) is 0 Å². The van der Waals surface area contributed by atoms with E-state index >= 15 is 0 Å². The summed E-state index contributed by atoms with van der Waals surface area (Å²) in [5, 5.41) is 19.2. The van der Waals surface area contributed by atoms with Gasteiger partial charge >= 0.3 is 0 Å². The predicted molar refractivity (Wildman–Crippen MR) is 131 cm³/mol. The Morgan fingerprint density at radius 1 is 0.267 bits per heavy atom. The highest BCUT2D eigenvalue weighted by atomic mass is 14.2. The highest BCUT2D eigenvalue weighted by Gasteiger charge is 2.20. The molecule has 0 fully saturated rings. The van der Waals surface area contributed by atoms with E-state index in [2.05, 4.69) is 97.1 Å². The van der Waals surface area contributed by atoms with Crippen LogP contribution in [0.2, 0.25) is 0 Å². The number of hydrogen-bond donors (Lipinski definition) is 0. The number of fused-ring (bicyclic) bond motifs is 6. The van der Waals surface area contributed by atoms with Crippen molar-refractivity contribution in [3.05, 3.63) is 97.1 Å². The second-order valence-electron chi connectivity index (χ2n) is 8.50. The normalized spacial score (nSPS) is 12.7. The molecule has 136 valence electrons. The summed E-state index contributed by atoms with van der Waals surface area (Å²) in [4.78, 5) is 0. The fourth-order valence-corrected chi connectivity index (χ4v) is 5.94. The third-order valence-corrected chi connectivity index (χ3v) is 7.10. The van der Waals surface area contributed by atoms with Crippen LogP contribution < -0.4 is 0 Å². The summed E-state index contributed by atoms with van der Waals surface area (Å²) < 4.78 is 0. The standard InChI is InChI=1S/C30H16/c1-2-8-20-19(6-1)16-25-23-11-5-7-17-12-13-18-14-15-24-21-9-3-4-10-22(21)28(20)30(25)29(24)27(18)26(17)23/h1-16H. The van der Waals surface area contributed by atoms with E-state index in [1.165, 1.54) is 75.4 Å². The summed E-state index contributed by atoms with van der Waals surface area (Å²) >= 11 is 0. The molecular formula is C30H16. The Labute approximate surface area is 172 Å². The van der Waals surface area contributed by atoms with E-state index in [0.717, 1.165) is 0 Å². The second-order valence-corrected chi connectivity index (χ2v) is 8.50. The minimum atomic E-state index is 1.31. The first-order valence-electron chi connectivity index (χ1n) is 10.5. The topological polar surface area (TPSA) is 0 Å². The average molecular weight is 376 g/mol. The molecule has 0 aliphatic carbocycles. The Bertz CT molecular complexity index is 1940. The Balaban J connectivity index is 1.93. The molecular weight excluding hydrogens is 360 g/mol. The van der Waals surface area contributed by atoms with E-state index in [9.17, 15) is 0 Å². The molecule has 0 aliphatic rings. The summed E-state index contributed by atoms with van der Waals surface area (Å²) in [6.45, 7) is 0. The lowest BCUT2D eigenvalue weighted by atomic mass is 9.82. The van der Waals surface area contributed by atoms with Crippen LogP contribution in [0.5, 0.6) is 0 Å². The van der Waals surface area contributed by atoms with Crippen molar-refractivity contribution in [2.75, 3.05) is 0 Å². The fraction of sp³-hybridized carbons (Fsp3) is 0. The minimum Gasteiger partial charge on any atom is -0.0616 e. The lowest BCUT2D eigenvalue weighted by molar-refractivity contribution is 1.79. The molecule has 0 spiro atoms. The molecule has 30 heavy (non-hydrogen) atoms. The van der Waals surface area contributed by atoms with Gasteiger partial charge in [-0.1, -0.05) is 91.0 Å². The molecule has 0 aliphatic heterocycles. The Hall–Kier alpha value is -3.90. The molecule has 0 unspecified atom stereocenters. The maximum atomic E-state index is 2.41. The van der Waals surface area contributed by atoms with Crippen LogP contribution >= 0.6 is 0 Å². The van der Waals surface area contributed by atoms with Crippen molar-refractivity contribution in [1.82, 2.24) is 0 Å². The van der Waals surface area contributed by atoms with Crippen LogP contribution in [0.4, 0.5) is 0 Å². The second kappa shape index (κ2) is 4.98. The van der Waals surface area contributed by atoms with Gasteiger partial charge in [0.2, 0.25) is 0 Å². The summed E-state index contributed by atoms with van der Waals surface area (Å²) in [6, 6.07) is 36.2. The minimum absolute atomic E-state index is 1.31. The smallest absolute Gasteiger partial charge is 0.000719 e. The molecule has 0 radical (unpaired) electrons. The zero-order chi connectivity index (χ0) is 19.4. The highest BCUT2D eigenvalue weighted by Crippen LogP contribution is 2.49. The van der Waals surface area contributed by atoms with Gasteiger partial charge in [0, 0.05) is 0 Å². The van der Waals surface area contributed by atoms with Gasteiger partial charge in [-0.3, -0.25) is 0 Å². The first-order chi connectivity index (χ1) is 14.9. The molecule has 0 bridgehead atoms. The van der Waals surface area contributed by atoms with E-state index in [1.807, 2.05) is 0 Å². The zero-order valence-electron chi connectivity index (χ0n) is 16.2. The molecule has 8 aromatic carbocycles. The summed E-state index contributed by atoms with van der Waals surface area (Å²) in [5.41, 5.74) is 0. The quantitative estimate of drug-likeness (QED) is 0.183. The van der Waals surface area contributed by atoms with Crippen molar-refractivity contribution in [3.63, 3.8) is 0 Å². The van der Waals surface area contributed by atoms with E-state index in [0.29, 0.717) is 0 Å². The lowest BCUT2D eigenvalue weighted by Gasteiger charge is -2.21. The molecule has 8 rings (SSSR count). The van der Waals surface area contributed by atoms with Gasteiger partial charge in [0.05, 0.1) is 0 Å². The van der Waals surface area contributed by atoms with Crippen LogP contribution in [0.3, 0.4) is 0 Å². The van der Waals surface area contributed by atoms with Gasteiger partial charge in [0.1, 0.15) is 0 Å². The molecule has 0 atom stereocenters. The van der Waals surface area contributed by atoms with Crippen molar-refractivity contribution >= 4 is 75.4 Å². The van der Waals surface area contributed by atoms with Gasteiger partial charge in [-0.15, -0.1) is 0 Å². The van der Waals surface area contributed by atoms with Crippen LogP contribution in [0.1, 0.15) is 0 Å². The Morgan fingerprint density at radius 3 is 1.73 bits per heavy atom. The number of benzene rings is 8. The largest absolute Gasteiger partial charge is 0.0616 e. The molecule has 0 saturated carbocycles. The van der Waals surface area contributed by atoms with Gasteiger partial charge < -0.3 is 0 Å². The Morgan fingerprint density at radius 2 is 0.833 bits per heavy atom. The van der Waals surface area contributed by atoms with Gasteiger partial charge in [-0.25, -0.2) is 0 Å². The fourth-order valence-electron chi connectivity index (χ4n) is 5.94. The molecule has 8 aromatic rings. The Kier molecular flexibility index (Phi) is 2.49. The van der Waals surface area contributed by atoms with E-state index < -0.39 is 0 Å². The van der Waals surface area contributed by atoms with Crippen LogP contribution in [0.15, 0.2) is 97.1 Å². The molecule has 0 heteroatoms. The zero-order valence-corrected chi connectivity index (χ0v) is 16.2. The van der Waals surface area contributed by atoms with E-state index in [-0.39, 0.29) is 0 Å². The van der Waals surface area contributed by atoms with Gasteiger partial charge in [-0.2, -0.15) is 0 Å². The van der Waals surface area contributed by atoms with Crippen LogP contribution in [-0.2, 0) is 0 Å². The van der Waals surface area contributed by atoms with Crippen molar-refractivity contribution in [2.24, 2.45) is 0 Å². The first kappa shape index (κ1) is 15.0. The molecule has 0 nitrogen and oxygen atoms in total. The van der Waals surface area contributed by atoms with Crippen molar-refractivity contribution in [3.8, 4) is 0 Å². The number of rotatable bonds is 0. The summed E-state index contributed by atoms with van der Waals surface area (Å²) in [7, 11) is 0. The summed E-state index contributed by atoms with van der Waals surface area (Å²) in [5.74, 6) is 0. The van der Waals surface area contributed by atoms with Crippen molar-refractivity contribution in [2.45, 2.75) is 0 Å². The maximum Gasteiger partial charge on any atom is -0.000719 e. The SMILES string of the molecule is c1ccc2c(c1)cc1c3cccc4ccc5ccc6c7ccccc7c2c1c6c5c43. The van der Waals surface area contributed by atoms with Gasteiger partial charge in [0.15, 0.2) is 0 Å². The first-order valence-corrected chi connectivity index (χ1v) is 10.5.